The average molecular weight is 328 g/mol. The third-order valence-corrected chi connectivity index (χ3v) is 3.93. The van der Waals surface area contributed by atoms with Gasteiger partial charge >= 0.3 is 0 Å². The van der Waals surface area contributed by atoms with Crippen LogP contribution in [0.1, 0.15) is 15.9 Å². The number of hydrogen-bond acceptors (Lipinski definition) is 4. The molecule has 0 saturated carbocycles. The molecule has 0 atom stereocenters. The standard InChI is InChI=1S/C16H14ClN5O/c1-10-13(17)7-4-8-14(10)18-16(23)12-6-3-5-11(9-12)15-19-20-21-22(15)2/h3-9H,1-2H3,(H,18,23). The van der Waals surface area contributed by atoms with Gasteiger partial charge in [0.05, 0.1) is 0 Å². The van der Waals surface area contributed by atoms with Crippen LogP contribution in [0.15, 0.2) is 42.5 Å². The number of nitrogens with zero attached hydrogens (tertiary/aromatic N) is 4. The Morgan fingerprint density at radius 3 is 2.74 bits per heavy atom. The molecule has 6 nitrogen and oxygen atoms in total. The largest absolute Gasteiger partial charge is 0.322 e. The Bertz CT molecular complexity index is 874. The third-order valence-electron chi connectivity index (χ3n) is 3.52. The van der Waals surface area contributed by atoms with Crippen LogP contribution in [0.2, 0.25) is 5.02 Å². The molecular formula is C16H14ClN5O. The molecule has 1 aromatic heterocycles. The fraction of sp³-hybridized carbons (Fsp3) is 0.125. The van der Waals surface area contributed by atoms with E-state index in [4.69, 9.17) is 11.6 Å². The van der Waals surface area contributed by atoms with E-state index in [0.717, 1.165) is 11.1 Å². The summed E-state index contributed by atoms with van der Waals surface area (Å²) < 4.78 is 1.55. The average Bonchev–Trinajstić information content (AvgIpc) is 2.98. The summed E-state index contributed by atoms with van der Waals surface area (Å²) in [5, 5.41) is 14.8. The molecule has 3 rings (SSSR count). The van der Waals surface area contributed by atoms with Crippen LogP contribution in [0.4, 0.5) is 5.69 Å². The molecule has 0 aliphatic carbocycles. The van der Waals surface area contributed by atoms with Crippen molar-refractivity contribution in [3.05, 3.63) is 58.6 Å². The number of anilines is 1. The van der Waals surface area contributed by atoms with E-state index < -0.39 is 0 Å². The van der Waals surface area contributed by atoms with E-state index in [1.54, 1.807) is 42.1 Å². The first-order chi connectivity index (χ1) is 11.1. The topological polar surface area (TPSA) is 72.7 Å². The predicted octanol–water partition coefficient (Wildman–Crippen LogP) is 3.09. The van der Waals surface area contributed by atoms with Crippen molar-refractivity contribution in [2.45, 2.75) is 6.92 Å². The molecule has 0 saturated heterocycles. The fourth-order valence-corrected chi connectivity index (χ4v) is 2.39. The number of amides is 1. The molecule has 2 aromatic carbocycles. The molecule has 1 amide bonds. The van der Waals surface area contributed by atoms with Gasteiger partial charge in [0, 0.05) is 28.9 Å². The summed E-state index contributed by atoms with van der Waals surface area (Å²) in [4.78, 5) is 12.5. The number of benzene rings is 2. The summed E-state index contributed by atoms with van der Waals surface area (Å²) >= 11 is 6.08. The van der Waals surface area contributed by atoms with Crippen LogP contribution in [-0.2, 0) is 7.05 Å². The number of carbonyl (C=O) groups excluding carboxylic acids is 1. The number of aromatic nitrogens is 4. The monoisotopic (exact) mass is 327 g/mol. The van der Waals surface area contributed by atoms with Gasteiger partial charge < -0.3 is 5.32 Å². The van der Waals surface area contributed by atoms with E-state index in [1.165, 1.54) is 0 Å². The molecule has 1 heterocycles. The molecule has 0 spiro atoms. The van der Waals surface area contributed by atoms with Crippen LogP contribution < -0.4 is 5.32 Å². The quantitative estimate of drug-likeness (QED) is 0.802. The molecule has 0 unspecified atom stereocenters. The second kappa shape index (κ2) is 6.18. The Morgan fingerprint density at radius 1 is 1.22 bits per heavy atom. The SMILES string of the molecule is Cc1c(Cl)cccc1NC(=O)c1cccc(-c2nnnn2C)c1. The van der Waals surface area contributed by atoms with Crippen LogP contribution in [-0.4, -0.2) is 26.1 Å². The van der Waals surface area contributed by atoms with Gasteiger partial charge in [-0.25, -0.2) is 4.68 Å². The van der Waals surface area contributed by atoms with Gasteiger partial charge in [-0.3, -0.25) is 4.79 Å². The Labute approximate surface area is 138 Å². The van der Waals surface area contributed by atoms with Crippen molar-refractivity contribution in [1.82, 2.24) is 20.2 Å². The Balaban J connectivity index is 1.89. The van der Waals surface area contributed by atoms with Gasteiger partial charge in [-0.2, -0.15) is 0 Å². The summed E-state index contributed by atoms with van der Waals surface area (Å²) in [6.07, 6.45) is 0. The number of carbonyl (C=O) groups is 1. The summed E-state index contributed by atoms with van der Waals surface area (Å²) in [5.74, 6) is 0.380. The van der Waals surface area contributed by atoms with E-state index in [0.29, 0.717) is 22.1 Å². The highest BCUT2D eigenvalue weighted by Crippen LogP contribution is 2.24. The lowest BCUT2D eigenvalue weighted by atomic mass is 10.1. The highest BCUT2D eigenvalue weighted by molar-refractivity contribution is 6.31. The molecule has 0 radical (unpaired) electrons. The van der Waals surface area contributed by atoms with Crippen LogP contribution in [0.25, 0.3) is 11.4 Å². The molecule has 0 aliphatic rings. The Hall–Kier alpha value is -2.73. The lowest BCUT2D eigenvalue weighted by molar-refractivity contribution is 0.102. The first-order valence-corrected chi connectivity index (χ1v) is 7.33. The van der Waals surface area contributed by atoms with Crippen LogP contribution in [0, 0.1) is 6.92 Å². The highest BCUT2D eigenvalue weighted by atomic mass is 35.5. The number of nitrogens with one attached hydrogen (secondary N) is 1. The zero-order valence-corrected chi connectivity index (χ0v) is 13.4. The van der Waals surface area contributed by atoms with E-state index >= 15 is 0 Å². The van der Waals surface area contributed by atoms with Crippen molar-refractivity contribution in [3.63, 3.8) is 0 Å². The second-order valence-electron chi connectivity index (χ2n) is 5.07. The van der Waals surface area contributed by atoms with Gasteiger partial charge in [-0.05, 0) is 47.2 Å². The zero-order valence-electron chi connectivity index (χ0n) is 12.6. The summed E-state index contributed by atoms with van der Waals surface area (Å²) in [6.45, 7) is 1.86. The van der Waals surface area contributed by atoms with Crippen LogP contribution >= 0.6 is 11.6 Å². The van der Waals surface area contributed by atoms with Gasteiger partial charge in [0.2, 0.25) is 0 Å². The molecule has 0 bridgehead atoms. The lowest BCUT2D eigenvalue weighted by Gasteiger charge is -2.10. The van der Waals surface area contributed by atoms with Crippen molar-refractivity contribution in [3.8, 4) is 11.4 Å². The van der Waals surface area contributed by atoms with Gasteiger partial charge in [-0.1, -0.05) is 29.8 Å². The highest BCUT2D eigenvalue weighted by Gasteiger charge is 2.12. The van der Waals surface area contributed by atoms with Crippen LogP contribution in [0.5, 0.6) is 0 Å². The molecule has 3 aromatic rings. The fourth-order valence-electron chi connectivity index (χ4n) is 2.21. The molecule has 1 N–H and O–H groups in total. The van der Waals surface area contributed by atoms with E-state index in [-0.39, 0.29) is 5.91 Å². The molecule has 7 heteroatoms. The molecular weight excluding hydrogens is 314 g/mol. The van der Waals surface area contributed by atoms with E-state index in [2.05, 4.69) is 20.8 Å². The number of halogens is 1. The number of hydrogen-bond donors (Lipinski definition) is 1. The minimum absolute atomic E-state index is 0.215. The van der Waals surface area contributed by atoms with Gasteiger partial charge in [0.1, 0.15) is 0 Å². The summed E-state index contributed by atoms with van der Waals surface area (Å²) in [7, 11) is 1.75. The van der Waals surface area contributed by atoms with Gasteiger partial charge in [0.15, 0.2) is 5.82 Å². The zero-order chi connectivity index (χ0) is 16.4. The number of rotatable bonds is 3. The molecule has 0 fully saturated rings. The maximum Gasteiger partial charge on any atom is 0.255 e. The summed E-state index contributed by atoms with van der Waals surface area (Å²) in [6, 6.07) is 12.5. The predicted molar refractivity (Wildman–Crippen MR) is 88.4 cm³/mol. The normalized spacial score (nSPS) is 10.6. The van der Waals surface area contributed by atoms with Crippen molar-refractivity contribution in [1.29, 1.82) is 0 Å². The van der Waals surface area contributed by atoms with Crippen molar-refractivity contribution in [2.24, 2.45) is 7.05 Å². The van der Waals surface area contributed by atoms with E-state index in [1.807, 2.05) is 19.1 Å². The number of aryl methyl sites for hydroxylation is 1. The minimum atomic E-state index is -0.215. The third kappa shape index (κ3) is 3.07. The maximum absolute atomic E-state index is 12.5. The van der Waals surface area contributed by atoms with Gasteiger partial charge in [-0.15, -0.1) is 5.10 Å². The molecule has 0 aliphatic heterocycles. The lowest BCUT2D eigenvalue weighted by Crippen LogP contribution is -2.13. The minimum Gasteiger partial charge on any atom is -0.322 e. The smallest absolute Gasteiger partial charge is 0.255 e. The van der Waals surface area contributed by atoms with Crippen LogP contribution in [0.3, 0.4) is 0 Å². The Morgan fingerprint density at radius 2 is 2.00 bits per heavy atom. The molecule has 23 heavy (non-hydrogen) atoms. The first kappa shape index (κ1) is 15.2. The number of tetrazole rings is 1. The van der Waals surface area contributed by atoms with Gasteiger partial charge in [0.25, 0.3) is 5.91 Å². The van der Waals surface area contributed by atoms with Crippen molar-refractivity contribution < 1.29 is 4.79 Å². The second-order valence-corrected chi connectivity index (χ2v) is 5.48. The molecule has 116 valence electrons. The first-order valence-electron chi connectivity index (χ1n) is 6.95. The van der Waals surface area contributed by atoms with Crippen molar-refractivity contribution in [2.75, 3.05) is 5.32 Å². The Kier molecular flexibility index (Phi) is 4.08. The maximum atomic E-state index is 12.5. The summed E-state index contributed by atoms with van der Waals surface area (Å²) in [5.41, 5.74) is 2.81. The van der Waals surface area contributed by atoms with E-state index in [9.17, 15) is 4.79 Å². The van der Waals surface area contributed by atoms with Crippen molar-refractivity contribution >= 4 is 23.2 Å².